The first kappa shape index (κ1) is 20.6. The Morgan fingerprint density at radius 1 is 1.10 bits per heavy atom. The highest BCUT2D eigenvalue weighted by Gasteiger charge is 2.13. The largest absolute Gasteiger partial charge is 0.497 e. The van der Waals surface area contributed by atoms with E-state index in [9.17, 15) is 4.79 Å². The van der Waals surface area contributed by atoms with E-state index in [1.54, 1.807) is 42.3 Å². The zero-order chi connectivity index (χ0) is 21.8. The second-order valence-electron chi connectivity index (χ2n) is 6.77. The average molecular weight is 437 g/mol. The summed E-state index contributed by atoms with van der Waals surface area (Å²) >= 11 is 6.07. The number of carbonyl (C=O) groups is 1. The third-order valence-corrected chi connectivity index (χ3v) is 5.01. The predicted molar refractivity (Wildman–Crippen MR) is 120 cm³/mol. The standard InChI is InChI=1S/C22H21ClN6O2/c1-14-27-20(24-11-12-25-22(30)17-5-3-4-6-19(17)23)18-13-26-29(21(18)28-14)15-7-9-16(31-2)10-8-15/h3-10,13H,11-12H2,1-2H3,(H,25,30)(H,24,27,28). The van der Waals surface area contributed by atoms with Crippen molar-refractivity contribution in [1.82, 2.24) is 25.1 Å². The summed E-state index contributed by atoms with van der Waals surface area (Å²) in [5.74, 6) is 1.83. The number of hydrogen-bond donors (Lipinski definition) is 2. The van der Waals surface area contributed by atoms with E-state index in [0.717, 1.165) is 16.8 Å². The Hall–Kier alpha value is -3.65. The molecule has 0 atom stereocenters. The fourth-order valence-electron chi connectivity index (χ4n) is 3.16. The van der Waals surface area contributed by atoms with Gasteiger partial charge in [-0.1, -0.05) is 23.7 Å². The number of nitrogens with zero attached hydrogens (tertiary/aromatic N) is 4. The van der Waals surface area contributed by atoms with Crippen LogP contribution in [0.4, 0.5) is 5.82 Å². The first-order valence-electron chi connectivity index (χ1n) is 9.70. The zero-order valence-corrected chi connectivity index (χ0v) is 17.8. The van der Waals surface area contributed by atoms with Gasteiger partial charge in [0.1, 0.15) is 17.4 Å². The van der Waals surface area contributed by atoms with Gasteiger partial charge in [-0.25, -0.2) is 14.6 Å². The number of benzene rings is 2. The Labute approximate surface area is 184 Å². The summed E-state index contributed by atoms with van der Waals surface area (Å²) in [6.45, 7) is 2.71. The summed E-state index contributed by atoms with van der Waals surface area (Å²) in [7, 11) is 1.63. The van der Waals surface area contributed by atoms with Gasteiger partial charge < -0.3 is 15.4 Å². The molecule has 4 rings (SSSR count). The maximum Gasteiger partial charge on any atom is 0.252 e. The molecular weight excluding hydrogens is 416 g/mol. The molecule has 1 amide bonds. The van der Waals surface area contributed by atoms with Crippen LogP contribution in [0.25, 0.3) is 16.7 Å². The molecule has 0 bridgehead atoms. The number of rotatable bonds is 7. The van der Waals surface area contributed by atoms with E-state index in [-0.39, 0.29) is 5.91 Å². The van der Waals surface area contributed by atoms with Crippen LogP contribution in [0.5, 0.6) is 5.75 Å². The molecule has 2 aromatic heterocycles. The van der Waals surface area contributed by atoms with Gasteiger partial charge in [0.15, 0.2) is 5.65 Å². The van der Waals surface area contributed by atoms with Crippen molar-refractivity contribution in [3.8, 4) is 11.4 Å². The third-order valence-electron chi connectivity index (χ3n) is 4.68. The van der Waals surface area contributed by atoms with Crippen molar-refractivity contribution in [3.05, 3.63) is 71.1 Å². The molecule has 2 aromatic carbocycles. The Morgan fingerprint density at radius 3 is 2.61 bits per heavy atom. The average Bonchev–Trinajstić information content (AvgIpc) is 3.20. The molecule has 0 saturated heterocycles. The van der Waals surface area contributed by atoms with Crippen LogP contribution in [-0.4, -0.2) is 45.9 Å². The van der Waals surface area contributed by atoms with Crippen molar-refractivity contribution in [2.45, 2.75) is 6.92 Å². The molecule has 9 heteroatoms. The molecule has 0 radical (unpaired) electrons. The molecule has 0 aliphatic rings. The normalized spacial score (nSPS) is 10.8. The molecule has 2 heterocycles. The molecule has 158 valence electrons. The van der Waals surface area contributed by atoms with Gasteiger partial charge in [-0.15, -0.1) is 0 Å². The van der Waals surface area contributed by atoms with Crippen LogP contribution in [-0.2, 0) is 0 Å². The number of anilines is 1. The summed E-state index contributed by atoms with van der Waals surface area (Å²) in [5.41, 5.74) is 2.01. The molecule has 0 spiro atoms. The number of methoxy groups -OCH3 is 1. The lowest BCUT2D eigenvalue weighted by Crippen LogP contribution is -2.29. The van der Waals surface area contributed by atoms with E-state index < -0.39 is 0 Å². The number of carbonyl (C=O) groups excluding carboxylic acids is 1. The number of hydrogen-bond acceptors (Lipinski definition) is 6. The van der Waals surface area contributed by atoms with Crippen LogP contribution in [0.15, 0.2) is 54.7 Å². The summed E-state index contributed by atoms with van der Waals surface area (Å²) in [6, 6.07) is 14.5. The highest BCUT2D eigenvalue weighted by molar-refractivity contribution is 6.33. The van der Waals surface area contributed by atoms with Crippen LogP contribution in [0.3, 0.4) is 0 Å². The lowest BCUT2D eigenvalue weighted by atomic mass is 10.2. The predicted octanol–water partition coefficient (Wildman–Crippen LogP) is 3.63. The molecule has 2 N–H and O–H groups in total. The smallest absolute Gasteiger partial charge is 0.252 e. The SMILES string of the molecule is COc1ccc(-n2ncc3c(NCCNC(=O)c4ccccc4Cl)nc(C)nc32)cc1. The molecule has 0 aliphatic heterocycles. The van der Waals surface area contributed by atoms with Gasteiger partial charge in [-0.2, -0.15) is 5.10 Å². The number of nitrogens with one attached hydrogen (secondary N) is 2. The quantitative estimate of drug-likeness (QED) is 0.430. The van der Waals surface area contributed by atoms with Gasteiger partial charge in [0.05, 0.1) is 35.0 Å². The van der Waals surface area contributed by atoms with Crippen LogP contribution in [0, 0.1) is 6.92 Å². The minimum absolute atomic E-state index is 0.219. The number of fused-ring (bicyclic) bond motifs is 1. The van der Waals surface area contributed by atoms with E-state index in [2.05, 4.69) is 25.7 Å². The second kappa shape index (κ2) is 9.01. The zero-order valence-electron chi connectivity index (χ0n) is 17.1. The van der Waals surface area contributed by atoms with Crippen LogP contribution >= 0.6 is 11.6 Å². The van der Waals surface area contributed by atoms with Gasteiger partial charge in [0, 0.05) is 13.1 Å². The fourth-order valence-corrected chi connectivity index (χ4v) is 3.38. The van der Waals surface area contributed by atoms with E-state index >= 15 is 0 Å². The maximum atomic E-state index is 12.3. The lowest BCUT2D eigenvalue weighted by Gasteiger charge is -2.10. The number of amides is 1. The monoisotopic (exact) mass is 436 g/mol. The van der Waals surface area contributed by atoms with Crippen LogP contribution in [0.2, 0.25) is 5.02 Å². The third kappa shape index (κ3) is 4.44. The van der Waals surface area contributed by atoms with Gasteiger partial charge in [0.25, 0.3) is 5.91 Å². The van der Waals surface area contributed by atoms with Crippen molar-refractivity contribution in [2.24, 2.45) is 0 Å². The van der Waals surface area contributed by atoms with Crippen molar-refractivity contribution >= 4 is 34.4 Å². The van der Waals surface area contributed by atoms with Gasteiger partial charge in [-0.3, -0.25) is 4.79 Å². The first-order chi connectivity index (χ1) is 15.1. The van der Waals surface area contributed by atoms with Crippen molar-refractivity contribution in [2.75, 3.05) is 25.5 Å². The number of aryl methyl sites for hydroxylation is 1. The Kier molecular flexibility index (Phi) is 5.99. The summed E-state index contributed by atoms with van der Waals surface area (Å²) in [6.07, 6.45) is 1.73. The number of ether oxygens (including phenoxy) is 1. The summed E-state index contributed by atoms with van der Waals surface area (Å²) in [4.78, 5) is 21.3. The van der Waals surface area contributed by atoms with Crippen molar-refractivity contribution < 1.29 is 9.53 Å². The highest BCUT2D eigenvalue weighted by Crippen LogP contribution is 2.23. The Balaban J connectivity index is 1.47. The van der Waals surface area contributed by atoms with Crippen LogP contribution < -0.4 is 15.4 Å². The summed E-state index contributed by atoms with van der Waals surface area (Å²) < 4.78 is 6.97. The minimum atomic E-state index is -0.219. The van der Waals surface area contributed by atoms with E-state index in [1.165, 1.54) is 0 Å². The molecule has 0 saturated carbocycles. The second-order valence-corrected chi connectivity index (χ2v) is 7.18. The molecular formula is C22H21ClN6O2. The van der Waals surface area contributed by atoms with Gasteiger partial charge in [-0.05, 0) is 43.3 Å². The molecule has 0 fully saturated rings. The highest BCUT2D eigenvalue weighted by atomic mass is 35.5. The molecule has 8 nitrogen and oxygen atoms in total. The van der Waals surface area contributed by atoms with Crippen molar-refractivity contribution in [1.29, 1.82) is 0 Å². The number of halogens is 1. The molecule has 0 aliphatic carbocycles. The van der Waals surface area contributed by atoms with E-state index in [0.29, 0.717) is 41.0 Å². The summed E-state index contributed by atoms with van der Waals surface area (Å²) in [5, 5.41) is 11.8. The first-order valence-corrected chi connectivity index (χ1v) is 10.1. The van der Waals surface area contributed by atoms with Gasteiger partial charge >= 0.3 is 0 Å². The molecule has 0 unspecified atom stereocenters. The number of aromatic nitrogens is 4. The van der Waals surface area contributed by atoms with E-state index in [1.807, 2.05) is 31.2 Å². The molecule has 31 heavy (non-hydrogen) atoms. The van der Waals surface area contributed by atoms with Crippen LogP contribution in [0.1, 0.15) is 16.2 Å². The maximum absolute atomic E-state index is 12.3. The Morgan fingerprint density at radius 2 is 1.87 bits per heavy atom. The fraction of sp³-hybridized carbons (Fsp3) is 0.182. The van der Waals surface area contributed by atoms with Gasteiger partial charge in [0.2, 0.25) is 0 Å². The molecule has 4 aromatic rings. The minimum Gasteiger partial charge on any atom is -0.497 e. The lowest BCUT2D eigenvalue weighted by molar-refractivity contribution is 0.0955. The van der Waals surface area contributed by atoms with E-state index in [4.69, 9.17) is 16.3 Å². The topological polar surface area (TPSA) is 94.0 Å². The Bertz CT molecular complexity index is 1220. The van der Waals surface area contributed by atoms with Crippen molar-refractivity contribution in [3.63, 3.8) is 0 Å².